The standard InChI is InChI=1S/C16H19N5O2S/c1-3-10(2)13-14(22)18-12-7-5-4-6-11(12)8-21(13)16(23)19-15-20-17-9-24-15/h4-7,9-10,13H,3,8H2,1-2H3,(H,18,22)(H,19,20,23)/t10-,13-/m0/s1. The van der Waals surface area contributed by atoms with Crippen molar-refractivity contribution in [2.75, 3.05) is 10.6 Å². The number of aromatic nitrogens is 2. The van der Waals surface area contributed by atoms with Crippen molar-refractivity contribution in [2.45, 2.75) is 32.9 Å². The minimum Gasteiger partial charge on any atom is -0.324 e. The molecule has 0 fully saturated rings. The van der Waals surface area contributed by atoms with Crippen LogP contribution < -0.4 is 10.6 Å². The van der Waals surface area contributed by atoms with Gasteiger partial charge in [0.25, 0.3) is 0 Å². The topological polar surface area (TPSA) is 87.2 Å². The van der Waals surface area contributed by atoms with E-state index < -0.39 is 6.04 Å². The van der Waals surface area contributed by atoms with Gasteiger partial charge in [-0.15, -0.1) is 10.2 Å². The molecule has 0 aliphatic carbocycles. The lowest BCUT2D eigenvalue weighted by molar-refractivity contribution is -0.121. The summed E-state index contributed by atoms with van der Waals surface area (Å²) in [5, 5.41) is 13.6. The van der Waals surface area contributed by atoms with Crippen molar-refractivity contribution >= 4 is 34.1 Å². The molecule has 3 rings (SSSR count). The zero-order valence-corrected chi connectivity index (χ0v) is 14.3. The Morgan fingerprint density at radius 1 is 1.50 bits per heavy atom. The van der Waals surface area contributed by atoms with Crippen LogP contribution in [-0.2, 0) is 11.3 Å². The highest BCUT2D eigenvalue weighted by molar-refractivity contribution is 7.13. The summed E-state index contributed by atoms with van der Waals surface area (Å²) < 4.78 is 0. The Balaban J connectivity index is 1.94. The number of para-hydroxylation sites is 1. The predicted molar refractivity (Wildman–Crippen MR) is 92.8 cm³/mol. The van der Waals surface area contributed by atoms with Crippen LogP contribution in [0.3, 0.4) is 0 Å². The SMILES string of the molecule is CC[C@H](C)[C@H]1C(=O)Nc2ccccc2CN1C(=O)Nc1nncs1. The van der Waals surface area contributed by atoms with Gasteiger partial charge < -0.3 is 10.2 Å². The van der Waals surface area contributed by atoms with Gasteiger partial charge in [0, 0.05) is 5.69 Å². The van der Waals surface area contributed by atoms with Gasteiger partial charge in [-0.2, -0.15) is 0 Å². The zero-order valence-electron chi connectivity index (χ0n) is 13.5. The first-order valence-electron chi connectivity index (χ1n) is 7.82. The summed E-state index contributed by atoms with van der Waals surface area (Å²) in [5.74, 6) is -0.138. The monoisotopic (exact) mass is 345 g/mol. The molecule has 2 N–H and O–H groups in total. The van der Waals surface area contributed by atoms with Crippen LogP contribution in [-0.4, -0.2) is 33.1 Å². The first-order valence-corrected chi connectivity index (χ1v) is 8.70. The number of anilines is 2. The van der Waals surface area contributed by atoms with Crippen LogP contribution in [0, 0.1) is 5.92 Å². The lowest BCUT2D eigenvalue weighted by atomic mass is 9.97. The van der Waals surface area contributed by atoms with Crippen molar-refractivity contribution in [3.63, 3.8) is 0 Å². The van der Waals surface area contributed by atoms with Crippen molar-refractivity contribution in [1.82, 2.24) is 15.1 Å². The number of hydrogen-bond donors (Lipinski definition) is 2. The minimum atomic E-state index is -0.546. The van der Waals surface area contributed by atoms with E-state index in [1.54, 1.807) is 10.4 Å². The van der Waals surface area contributed by atoms with Gasteiger partial charge >= 0.3 is 6.03 Å². The molecular weight excluding hydrogens is 326 g/mol. The van der Waals surface area contributed by atoms with Gasteiger partial charge in [0.05, 0.1) is 6.54 Å². The third-order valence-corrected chi connectivity index (χ3v) is 4.84. The molecule has 0 bridgehead atoms. The van der Waals surface area contributed by atoms with Gasteiger partial charge in [0.15, 0.2) is 0 Å². The predicted octanol–water partition coefficient (Wildman–Crippen LogP) is 2.94. The molecule has 2 atom stereocenters. The molecule has 0 saturated heterocycles. The first-order chi connectivity index (χ1) is 11.6. The maximum atomic E-state index is 12.8. The van der Waals surface area contributed by atoms with Gasteiger partial charge in [0.2, 0.25) is 11.0 Å². The normalized spacial score (nSPS) is 18.3. The van der Waals surface area contributed by atoms with Crippen molar-refractivity contribution in [2.24, 2.45) is 5.92 Å². The molecule has 2 heterocycles. The molecule has 1 aromatic carbocycles. The number of fused-ring (bicyclic) bond motifs is 1. The molecule has 0 radical (unpaired) electrons. The highest BCUT2D eigenvalue weighted by Gasteiger charge is 2.36. The van der Waals surface area contributed by atoms with E-state index in [0.29, 0.717) is 11.7 Å². The second-order valence-corrected chi connectivity index (χ2v) is 6.61. The lowest BCUT2D eigenvalue weighted by Crippen LogP contribution is -2.50. The molecule has 1 aromatic heterocycles. The molecule has 0 spiro atoms. The third-order valence-electron chi connectivity index (χ3n) is 4.24. The number of amides is 3. The fourth-order valence-electron chi connectivity index (χ4n) is 2.79. The van der Waals surface area contributed by atoms with Crippen molar-refractivity contribution in [3.8, 4) is 0 Å². The maximum Gasteiger partial charge on any atom is 0.324 e. The minimum absolute atomic E-state index is 0.0273. The third kappa shape index (κ3) is 3.23. The van der Waals surface area contributed by atoms with E-state index >= 15 is 0 Å². The Hall–Kier alpha value is -2.48. The summed E-state index contributed by atoms with van der Waals surface area (Å²) in [6.45, 7) is 4.34. The number of benzene rings is 1. The smallest absolute Gasteiger partial charge is 0.324 e. The summed E-state index contributed by atoms with van der Waals surface area (Å²) in [6, 6.07) is 6.65. The fourth-order valence-corrected chi connectivity index (χ4v) is 3.22. The largest absolute Gasteiger partial charge is 0.324 e. The van der Waals surface area contributed by atoms with Crippen molar-refractivity contribution in [3.05, 3.63) is 35.3 Å². The Morgan fingerprint density at radius 2 is 2.29 bits per heavy atom. The van der Waals surface area contributed by atoms with Crippen molar-refractivity contribution < 1.29 is 9.59 Å². The Labute approximate surface area is 144 Å². The molecule has 8 heteroatoms. The molecule has 3 amide bonds. The van der Waals surface area contributed by atoms with Gasteiger partial charge in [-0.3, -0.25) is 10.1 Å². The van der Waals surface area contributed by atoms with Crippen LogP contribution in [0.15, 0.2) is 29.8 Å². The summed E-state index contributed by atoms with van der Waals surface area (Å²) >= 11 is 1.24. The van der Waals surface area contributed by atoms with Crippen molar-refractivity contribution in [1.29, 1.82) is 0 Å². The van der Waals surface area contributed by atoms with Gasteiger partial charge in [-0.25, -0.2) is 4.79 Å². The molecule has 1 aliphatic rings. The quantitative estimate of drug-likeness (QED) is 0.895. The van der Waals surface area contributed by atoms with E-state index in [-0.39, 0.29) is 17.9 Å². The van der Waals surface area contributed by atoms with E-state index in [1.807, 2.05) is 38.1 Å². The molecule has 0 saturated carbocycles. The van der Waals surface area contributed by atoms with Crippen LogP contribution in [0.1, 0.15) is 25.8 Å². The lowest BCUT2D eigenvalue weighted by Gasteiger charge is -2.32. The van der Waals surface area contributed by atoms with E-state index in [9.17, 15) is 9.59 Å². The Morgan fingerprint density at radius 3 is 3.00 bits per heavy atom. The highest BCUT2D eigenvalue weighted by atomic mass is 32.1. The fraction of sp³-hybridized carbons (Fsp3) is 0.375. The summed E-state index contributed by atoms with van der Waals surface area (Å²) in [7, 11) is 0. The maximum absolute atomic E-state index is 12.8. The number of rotatable bonds is 3. The Kier molecular flexibility index (Phi) is 4.75. The van der Waals surface area contributed by atoms with E-state index in [0.717, 1.165) is 17.7 Å². The summed E-state index contributed by atoms with van der Waals surface area (Å²) in [5.41, 5.74) is 3.21. The van der Waals surface area contributed by atoms with Crippen LogP contribution in [0.4, 0.5) is 15.6 Å². The molecule has 0 unspecified atom stereocenters. The molecule has 126 valence electrons. The summed E-state index contributed by atoms with van der Waals surface area (Å²) in [6.07, 6.45) is 0.789. The highest BCUT2D eigenvalue weighted by Crippen LogP contribution is 2.27. The Bertz CT molecular complexity index is 734. The second-order valence-electron chi connectivity index (χ2n) is 5.78. The van der Waals surface area contributed by atoms with Crippen LogP contribution in [0.2, 0.25) is 0 Å². The zero-order chi connectivity index (χ0) is 17.1. The molecule has 7 nitrogen and oxygen atoms in total. The van der Waals surface area contributed by atoms with Crippen LogP contribution in [0.5, 0.6) is 0 Å². The van der Waals surface area contributed by atoms with Gasteiger partial charge in [0.1, 0.15) is 11.6 Å². The number of carbonyl (C=O) groups excluding carboxylic acids is 2. The van der Waals surface area contributed by atoms with Gasteiger partial charge in [-0.1, -0.05) is 49.8 Å². The average Bonchev–Trinajstić information content (AvgIpc) is 3.02. The molecular formula is C16H19N5O2S. The number of hydrogen-bond acceptors (Lipinski definition) is 5. The van der Waals surface area contributed by atoms with Crippen LogP contribution in [0.25, 0.3) is 0 Å². The van der Waals surface area contributed by atoms with E-state index in [1.165, 1.54) is 11.3 Å². The van der Waals surface area contributed by atoms with Gasteiger partial charge in [-0.05, 0) is 17.5 Å². The molecule has 24 heavy (non-hydrogen) atoms. The van der Waals surface area contributed by atoms with E-state index in [2.05, 4.69) is 20.8 Å². The average molecular weight is 345 g/mol. The van der Waals surface area contributed by atoms with Crippen LogP contribution >= 0.6 is 11.3 Å². The second kappa shape index (κ2) is 6.96. The molecule has 2 aromatic rings. The number of nitrogens with one attached hydrogen (secondary N) is 2. The summed E-state index contributed by atoms with van der Waals surface area (Å²) in [4.78, 5) is 27.1. The molecule has 1 aliphatic heterocycles. The first kappa shape index (κ1) is 16.4. The number of nitrogens with zero attached hydrogens (tertiary/aromatic N) is 3. The number of carbonyl (C=O) groups is 2. The number of urea groups is 1. The van der Waals surface area contributed by atoms with E-state index in [4.69, 9.17) is 0 Å².